The predicted molar refractivity (Wildman–Crippen MR) is 88.7 cm³/mol. The van der Waals surface area contributed by atoms with Gasteiger partial charge in [-0.15, -0.1) is 0 Å². The molecule has 0 radical (unpaired) electrons. The average Bonchev–Trinajstić information content (AvgIpc) is 2.86. The Kier molecular flexibility index (Phi) is 3.88. The van der Waals surface area contributed by atoms with Crippen LogP contribution in [0.15, 0.2) is 18.3 Å². The van der Waals surface area contributed by atoms with Crippen molar-refractivity contribution in [1.82, 2.24) is 14.9 Å². The van der Waals surface area contributed by atoms with E-state index in [1.807, 2.05) is 13.8 Å². The monoisotopic (exact) mass is 355 g/mol. The molecule has 3 rings (SSSR count). The van der Waals surface area contributed by atoms with Crippen LogP contribution < -0.4 is 5.32 Å². The lowest BCUT2D eigenvalue weighted by Gasteiger charge is -2.34. The Balaban J connectivity index is 1.81. The molecule has 2 aromatic heterocycles. The smallest absolute Gasteiger partial charge is 0.272 e. The van der Waals surface area contributed by atoms with Gasteiger partial charge in [-0.2, -0.15) is 5.10 Å². The number of aryl methyl sites for hydroxylation is 1. The number of carbonyl (C=O) groups excluding carboxylic acids is 1. The van der Waals surface area contributed by atoms with Crippen molar-refractivity contribution in [3.8, 4) is 0 Å². The lowest BCUT2D eigenvalue weighted by molar-refractivity contribution is 0.0894. The van der Waals surface area contributed by atoms with Crippen molar-refractivity contribution in [1.29, 1.82) is 0 Å². The van der Waals surface area contributed by atoms with Crippen LogP contribution in [-0.4, -0.2) is 41.0 Å². The third kappa shape index (κ3) is 3.35. The first kappa shape index (κ1) is 16.3. The van der Waals surface area contributed by atoms with E-state index in [1.165, 1.54) is 0 Å². The average molecular weight is 356 g/mol. The van der Waals surface area contributed by atoms with Gasteiger partial charge in [0.15, 0.2) is 5.69 Å². The van der Waals surface area contributed by atoms with Gasteiger partial charge in [0.25, 0.3) is 5.91 Å². The SMILES string of the molecule is Cc1cn2nc(C(=O)NC3(C)CCS(=O)(=O)CC3)cc2cc1Cl. The maximum absolute atomic E-state index is 12.4. The van der Waals surface area contributed by atoms with Gasteiger partial charge in [0.05, 0.1) is 17.0 Å². The van der Waals surface area contributed by atoms with Gasteiger partial charge in [-0.1, -0.05) is 11.6 Å². The summed E-state index contributed by atoms with van der Waals surface area (Å²) in [4.78, 5) is 12.4. The quantitative estimate of drug-likeness (QED) is 0.893. The van der Waals surface area contributed by atoms with E-state index in [4.69, 9.17) is 11.6 Å². The summed E-state index contributed by atoms with van der Waals surface area (Å²) in [5, 5.41) is 7.81. The van der Waals surface area contributed by atoms with E-state index in [9.17, 15) is 13.2 Å². The molecule has 1 saturated heterocycles. The van der Waals surface area contributed by atoms with Gasteiger partial charge in [0, 0.05) is 16.8 Å². The number of nitrogens with one attached hydrogen (secondary N) is 1. The van der Waals surface area contributed by atoms with Crippen LogP contribution in [0.4, 0.5) is 0 Å². The second kappa shape index (κ2) is 5.49. The molecule has 1 aliphatic rings. The van der Waals surface area contributed by atoms with Crippen LogP contribution in [0.3, 0.4) is 0 Å². The molecule has 0 spiro atoms. The molecule has 0 bridgehead atoms. The summed E-state index contributed by atoms with van der Waals surface area (Å²) in [5.74, 6) is -0.0997. The number of fused-ring (bicyclic) bond motifs is 1. The molecule has 0 saturated carbocycles. The molecule has 0 aliphatic carbocycles. The second-order valence-electron chi connectivity index (χ2n) is 6.37. The van der Waals surface area contributed by atoms with Gasteiger partial charge in [0.1, 0.15) is 9.84 Å². The molecule has 6 nitrogen and oxygen atoms in total. The highest BCUT2D eigenvalue weighted by Gasteiger charge is 2.35. The van der Waals surface area contributed by atoms with Gasteiger partial charge in [-0.3, -0.25) is 4.79 Å². The zero-order valence-electron chi connectivity index (χ0n) is 13.0. The standard InChI is InChI=1S/C15H18ClN3O3S/c1-10-9-19-11(7-12(10)16)8-13(18-19)14(20)17-15(2)3-5-23(21,22)6-4-15/h7-9H,3-6H2,1-2H3,(H,17,20). The van der Waals surface area contributed by atoms with Gasteiger partial charge in [-0.25, -0.2) is 12.9 Å². The molecule has 124 valence electrons. The van der Waals surface area contributed by atoms with Crippen LogP contribution in [-0.2, 0) is 9.84 Å². The molecule has 0 atom stereocenters. The van der Waals surface area contributed by atoms with Crippen LogP contribution >= 0.6 is 11.6 Å². The number of halogens is 1. The summed E-state index contributed by atoms with van der Waals surface area (Å²) in [5.41, 5.74) is 1.38. The molecule has 0 unspecified atom stereocenters. The molecule has 2 aromatic rings. The zero-order chi connectivity index (χ0) is 16.8. The molecule has 0 aromatic carbocycles. The van der Waals surface area contributed by atoms with Crippen molar-refractivity contribution in [3.05, 3.63) is 34.6 Å². The van der Waals surface area contributed by atoms with E-state index in [1.54, 1.807) is 22.8 Å². The van der Waals surface area contributed by atoms with Crippen molar-refractivity contribution in [2.75, 3.05) is 11.5 Å². The number of rotatable bonds is 2. The summed E-state index contributed by atoms with van der Waals surface area (Å²) in [6, 6.07) is 3.43. The second-order valence-corrected chi connectivity index (χ2v) is 9.08. The van der Waals surface area contributed by atoms with Gasteiger partial charge < -0.3 is 5.32 Å². The Morgan fingerprint density at radius 2 is 2.00 bits per heavy atom. The summed E-state index contributed by atoms with van der Waals surface area (Å²) >= 11 is 6.08. The molecule has 8 heteroatoms. The Morgan fingerprint density at radius 1 is 1.35 bits per heavy atom. The Morgan fingerprint density at radius 3 is 2.65 bits per heavy atom. The van der Waals surface area contributed by atoms with Crippen molar-refractivity contribution in [2.24, 2.45) is 0 Å². The number of hydrogen-bond donors (Lipinski definition) is 1. The molecule has 3 heterocycles. The fourth-order valence-corrected chi connectivity index (χ4v) is 4.56. The summed E-state index contributed by atoms with van der Waals surface area (Å²) in [6.07, 6.45) is 2.60. The van der Waals surface area contributed by atoms with Crippen LogP contribution in [0.1, 0.15) is 35.8 Å². The van der Waals surface area contributed by atoms with Crippen LogP contribution in [0.2, 0.25) is 5.02 Å². The molecule has 1 amide bonds. The largest absolute Gasteiger partial charge is 0.345 e. The van der Waals surface area contributed by atoms with E-state index in [0.717, 1.165) is 11.1 Å². The predicted octanol–water partition coefficient (Wildman–Crippen LogP) is 1.99. The van der Waals surface area contributed by atoms with Crippen molar-refractivity contribution in [2.45, 2.75) is 32.2 Å². The molecular formula is C15H18ClN3O3S. The highest BCUT2D eigenvalue weighted by atomic mass is 35.5. The summed E-state index contributed by atoms with van der Waals surface area (Å²) < 4.78 is 24.7. The number of carbonyl (C=O) groups is 1. The highest BCUT2D eigenvalue weighted by molar-refractivity contribution is 7.91. The first-order chi connectivity index (χ1) is 10.7. The summed E-state index contributed by atoms with van der Waals surface area (Å²) in [6.45, 7) is 3.74. The number of amides is 1. The highest BCUT2D eigenvalue weighted by Crippen LogP contribution is 2.24. The maximum atomic E-state index is 12.4. The van der Waals surface area contributed by atoms with Crippen LogP contribution in [0.25, 0.3) is 5.52 Å². The molecule has 23 heavy (non-hydrogen) atoms. The first-order valence-electron chi connectivity index (χ1n) is 7.36. The number of aromatic nitrogens is 2. The minimum atomic E-state index is -2.97. The van der Waals surface area contributed by atoms with Crippen LogP contribution in [0.5, 0.6) is 0 Å². The minimum absolute atomic E-state index is 0.101. The lowest BCUT2D eigenvalue weighted by Crippen LogP contribution is -2.51. The number of sulfone groups is 1. The van der Waals surface area contributed by atoms with Crippen LogP contribution in [0, 0.1) is 6.92 Å². The van der Waals surface area contributed by atoms with Crippen molar-refractivity contribution >= 4 is 32.9 Å². The van der Waals surface area contributed by atoms with Gasteiger partial charge >= 0.3 is 0 Å². The summed E-state index contributed by atoms with van der Waals surface area (Å²) in [7, 11) is -2.97. The molecule has 1 fully saturated rings. The van der Waals surface area contributed by atoms with E-state index in [0.29, 0.717) is 23.6 Å². The molecule has 1 aliphatic heterocycles. The van der Waals surface area contributed by atoms with Gasteiger partial charge in [-0.05, 0) is 44.4 Å². The first-order valence-corrected chi connectivity index (χ1v) is 9.56. The lowest BCUT2D eigenvalue weighted by atomic mass is 9.94. The Bertz CT molecular complexity index is 836. The Labute approximate surface area is 139 Å². The number of pyridine rings is 1. The van der Waals surface area contributed by atoms with Crippen molar-refractivity contribution in [3.63, 3.8) is 0 Å². The van der Waals surface area contributed by atoms with E-state index in [-0.39, 0.29) is 17.4 Å². The minimum Gasteiger partial charge on any atom is -0.345 e. The zero-order valence-corrected chi connectivity index (χ0v) is 14.5. The third-order valence-electron chi connectivity index (χ3n) is 4.31. The fourth-order valence-electron chi connectivity index (χ4n) is 2.67. The van der Waals surface area contributed by atoms with E-state index in [2.05, 4.69) is 10.4 Å². The normalized spacial score (nSPS) is 19.6. The van der Waals surface area contributed by atoms with E-state index >= 15 is 0 Å². The van der Waals surface area contributed by atoms with Gasteiger partial charge in [0.2, 0.25) is 0 Å². The van der Waals surface area contributed by atoms with Crippen molar-refractivity contribution < 1.29 is 13.2 Å². The molecular weight excluding hydrogens is 338 g/mol. The number of hydrogen-bond acceptors (Lipinski definition) is 4. The molecule has 1 N–H and O–H groups in total. The Hall–Kier alpha value is -1.60. The maximum Gasteiger partial charge on any atom is 0.272 e. The fraction of sp³-hybridized carbons (Fsp3) is 0.467. The third-order valence-corrected chi connectivity index (χ3v) is 6.37. The number of nitrogens with zero attached hydrogens (tertiary/aromatic N) is 2. The van der Waals surface area contributed by atoms with E-state index < -0.39 is 15.4 Å². The topological polar surface area (TPSA) is 80.5 Å².